The first-order chi connectivity index (χ1) is 10.3. The molecule has 0 aromatic heterocycles. The average molecular weight is 322 g/mol. The fourth-order valence-electron chi connectivity index (χ4n) is 1.91. The molecule has 0 saturated carbocycles. The standard InChI is InChI=1S/C15H15FN2O3S/c1-10-8-13(6-7-15(10)17-11(2)19)18-22(20,21)14-5-3-4-12(16)9-14/h3-9,18H,1-2H3,(H,17,19). The Labute approximate surface area is 128 Å². The van der Waals surface area contributed by atoms with Crippen LogP contribution in [0, 0.1) is 12.7 Å². The summed E-state index contributed by atoms with van der Waals surface area (Å²) in [5.41, 5.74) is 1.63. The Morgan fingerprint density at radius 2 is 1.86 bits per heavy atom. The molecule has 0 heterocycles. The van der Waals surface area contributed by atoms with Crippen LogP contribution in [0.15, 0.2) is 47.4 Å². The summed E-state index contributed by atoms with van der Waals surface area (Å²) in [4.78, 5) is 10.9. The SMILES string of the molecule is CC(=O)Nc1ccc(NS(=O)(=O)c2cccc(F)c2)cc1C. The number of sulfonamides is 1. The van der Waals surface area contributed by atoms with Crippen molar-refractivity contribution in [2.45, 2.75) is 18.7 Å². The second-order valence-electron chi connectivity index (χ2n) is 4.77. The molecule has 2 aromatic rings. The van der Waals surface area contributed by atoms with Gasteiger partial charge in [-0.25, -0.2) is 12.8 Å². The molecule has 116 valence electrons. The zero-order chi connectivity index (χ0) is 16.3. The molecule has 2 rings (SSSR count). The van der Waals surface area contributed by atoms with E-state index in [1.54, 1.807) is 19.1 Å². The summed E-state index contributed by atoms with van der Waals surface area (Å²) >= 11 is 0. The number of aryl methyl sites for hydroxylation is 1. The van der Waals surface area contributed by atoms with Crippen LogP contribution in [0.4, 0.5) is 15.8 Å². The van der Waals surface area contributed by atoms with E-state index in [0.29, 0.717) is 16.9 Å². The van der Waals surface area contributed by atoms with Gasteiger partial charge in [0.15, 0.2) is 0 Å². The molecule has 22 heavy (non-hydrogen) atoms. The summed E-state index contributed by atoms with van der Waals surface area (Å²) in [6.07, 6.45) is 0. The molecule has 0 radical (unpaired) electrons. The molecule has 5 nitrogen and oxygen atoms in total. The molecule has 2 aromatic carbocycles. The van der Waals surface area contributed by atoms with Crippen LogP contribution in [0.3, 0.4) is 0 Å². The van der Waals surface area contributed by atoms with Gasteiger partial charge in [0.1, 0.15) is 5.82 Å². The van der Waals surface area contributed by atoms with E-state index in [1.165, 1.54) is 31.2 Å². The number of benzene rings is 2. The van der Waals surface area contributed by atoms with Crippen LogP contribution < -0.4 is 10.0 Å². The van der Waals surface area contributed by atoms with E-state index in [-0.39, 0.29) is 10.8 Å². The van der Waals surface area contributed by atoms with Gasteiger partial charge in [-0.1, -0.05) is 6.07 Å². The first kappa shape index (κ1) is 16.0. The van der Waals surface area contributed by atoms with Gasteiger partial charge in [0.2, 0.25) is 5.91 Å². The highest BCUT2D eigenvalue weighted by Crippen LogP contribution is 2.22. The van der Waals surface area contributed by atoms with Gasteiger partial charge in [-0.15, -0.1) is 0 Å². The summed E-state index contributed by atoms with van der Waals surface area (Å²) in [5.74, 6) is -0.837. The Morgan fingerprint density at radius 1 is 1.14 bits per heavy atom. The largest absolute Gasteiger partial charge is 0.326 e. The van der Waals surface area contributed by atoms with Gasteiger partial charge in [-0.05, 0) is 48.9 Å². The maximum atomic E-state index is 13.1. The van der Waals surface area contributed by atoms with E-state index < -0.39 is 15.8 Å². The van der Waals surface area contributed by atoms with Gasteiger partial charge >= 0.3 is 0 Å². The number of anilines is 2. The molecule has 0 fully saturated rings. The van der Waals surface area contributed by atoms with Crippen molar-refractivity contribution in [2.24, 2.45) is 0 Å². The molecular formula is C15H15FN2O3S. The lowest BCUT2D eigenvalue weighted by Crippen LogP contribution is -2.13. The molecule has 2 N–H and O–H groups in total. The number of carbonyl (C=O) groups excluding carboxylic acids is 1. The Bertz CT molecular complexity index is 819. The van der Waals surface area contributed by atoms with Gasteiger partial charge < -0.3 is 5.32 Å². The Balaban J connectivity index is 2.27. The van der Waals surface area contributed by atoms with E-state index in [1.807, 2.05) is 0 Å². The third kappa shape index (κ3) is 3.82. The molecule has 0 spiro atoms. The van der Waals surface area contributed by atoms with Crippen molar-refractivity contribution in [3.05, 3.63) is 53.8 Å². The number of rotatable bonds is 4. The molecule has 0 aliphatic rings. The minimum atomic E-state index is -3.87. The summed E-state index contributed by atoms with van der Waals surface area (Å²) in [7, 11) is -3.87. The maximum absolute atomic E-state index is 13.1. The van der Waals surface area contributed by atoms with Crippen LogP contribution in [-0.2, 0) is 14.8 Å². The van der Waals surface area contributed by atoms with E-state index in [0.717, 1.165) is 6.07 Å². The Hall–Kier alpha value is -2.41. The van der Waals surface area contributed by atoms with Crippen LogP contribution in [0.2, 0.25) is 0 Å². The number of carbonyl (C=O) groups is 1. The van der Waals surface area contributed by atoms with Gasteiger partial charge in [-0.3, -0.25) is 9.52 Å². The smallest absolute Gasteiger partial charge is 0.261 e. The van der Waals surface area contributed by atoms with Crippen molar-refractivity contribution in [2.75, 3.05) is 10.0 Å². The predicted octanol–water partition coefficient (Wildman–Crippen LogP) is 2.89. The maximum Gasteiger partial charge on any atom is 0.261 e. The van der Waals surface area contributed by atoms with Gasteiger partial charge in [-0.2, -0.15) is 0 Å². The summed E-state index contributed by atoms with van der Waals surface area (Å²) < 4.78 is 39.9. The topological polar surface area (TPSA) is 75.3 Å². The van der Waals surface area contributed by atoms with Crippen LogP contribution in [0.25, 0.3) is 0 Å². The van der Waals surface area contributed by atoms with E-state index >= 15 is 0 Å². The van der Waals surface area contributed by atoms with Crippen molar-refractivity contribution in [3.8, 4) is 0 Å². The quantitative estimate of drug-likeness (QED) is 0.909. The minimum absolute atomic E-state index is 0.156. The second kappa shape index (κ2) is 6.15. The molecular weight excluding hydrogens is 307 g/mol. The summed E-state index contributed by atoms with van der Waals surface area (Å²) in [5, 5.41) is 2.64. The van der Waals surface area contributed by atoms with Crippen LogP contribution >= 0.6 is 0 Å². The van der Waals surface area contributed by atoms with Crippen molar-refractivity contribution >= 4 is 27.3 Å². The summed E-state index contributed by atoms with van der Waals surface area (Å²) in [6, 6.07) is 9.46. The molecule has 0 bridgehead atoms. The zero-order valence-electron chi connectivity index (χ0n) is 12.1. The monoisotopic (exact) mass is 322 g/mol. The zero-order valence-corrected chi connectivity index (χ0v) is 12.9. The number of amides is 1. The van der Waals surface area contributed by atoms with Crippen molar-refractivity contribution in [1.82, 2.24) is 0 Å². The second-order valence-corrected chi connectivity index (χ2v) is 6.46. The Kier molecular flexibility index (Phi) is 4.46. The third-order valence-corrected chi connectivity index (χ3v) is 4.27. The van der Waals surface area contributed by atoms with Crippen LogP contribution in [0.1, 0.15) is 12.5 Å². The lowest BCUT2D eigenvalue weighted by Gasteiger charge is -2.11. The van der Waals surface area contributed by atoms with E-state index in [2.05, 4.69) is 10.0 Å². The molecule has 0 aliphatic carbocycles. The molecule has 0 saturated heterocycles. The van der Waals surface area contributed by atoms with E-state index in [9.17, 15) is 17.6 Å². The van der Waals surface area contributed by atoms with Gasteiger partial charge in [0.05, 0.1) is 4.90 Å². The van der Waals surface area contributed by atoms with Crippen LogP contribution in [0.5, 0.6) is 0 Å². The van der Waals surface area contributed by atoms with Crippen molar-refractivity contribution in [1.29, 1.82) is 0 Å². The number of nitrogens with one attached hydrogen (secondary N) is 2. The lowest BCUT2D eigenvalue weighted by atomic mass is 10.2. The fourth-order valence-corrected chi connectivity index (χ4v) is 2.99. The highest BCUT2D eigenvalue weighted by molar-refractivity contribution is 7.92. The van der Waals surface area contributed by atoms with Gasteiger partial charge in [0.25, 0.3) is 10.0 Å². The average Bonchev–Trinajstić information content (AvgIpc) is 2.41. The molecule has 0 unspecified atom stereocenters. The van der Waals surface area contributed by atoms with Crippen LogP contribution in [-0.4, -0.2) is 14.3 Å². The Morgan fingerprint density at radius 3 is 2.45 bits per heavy atom. The fraction of sp³-hybridized carbons (Fsp3) is 0.133. The third-order valence-electron chi connectivity index (χ3n) is 2.90. The minimum Gasteiger partial charge on any atom is -0.326 e. The number of hydrogen-bond donors (Lipinski definition) is 2. The van der Waals surface area contributed by atoms with Crippen molar-refractivity contribution < 1.29 is 17.6 Å². The highest BCUT2D eigenvalue weighted by Gasteiger charge is 2.15. The van der Waals surface area contributed by atoms with Gasteiger partial charge in [0, 0.05) is 18.3 Å². The first-order valence-corrected chi connectivity index (χ1v) is 7.93. The normalized spacial score (nSPS) is 11.0. The number of halogens is 1. The molecule has 0 atom stereocenters. The van der Waals surface area contributed by atoms with E-state index in [4.69, 9.17) is 0 Å². The summed E-state index contributed by atoms with van der Waals surface area (Å²) in [6.45, 7) is 3.13. The highest BCUT2D eigenvalue weighted by atomic mass is 32.2. The lowest BCUT2D eigenvalue weighted by molar-refractivity contribution is -0.114. The number of hydrogen-bond acceptors (Lipinski definition) is 3. The molecule has 1 amide bonds. The molecule has 0 aliphatic heterocycles. The van der Waals surface area contributed by atoms with Crippen molar-refractivity contribution in [3.63, 3.8) is 0 Å². The first-order valence-electron chi connectivity index (χ1n) is 6.44. The predicted molar refractivity (Wildman–Crippen MR) is 82.7 cm³/mol. The molecule has 7 heteroatoms.